The normalized spacial score (nSPS) is 15.0. The van der Waals surface area contributed by atoms with Crippen LogP contribution in [0.1, 0.15) is 22.1 Å². The van der Waals surface area contributed by atoms with Crippen molar-refractivity contribution in [1.29, 1.82) is 0 Å². The smallest absolute Gasteiger partial charge is 0.262 e. The van der Waals surface area contributed by atoms with Gasteiger partial charge in [-0.2, -0.15) is 0 Å². The Morgan fingerprint density at radius 1 is 1.20 bits per heavy atom. The molecule has 3 nitrogen and oxygen atoms in total. The van der Waals surface area contributed by atoms with Gasteiger partial charge >= 0.3 is 0 Å². The van der Waals surface area contributed by atoms with Crippen molar-refractivity contribution in [2.75, 3.05) is 23.4 Å². The van der Waals surface area contributed by atoms with E-state index in [1.165, 1.54) is 29.6 Å². The number of carbonyl (C=O) groups is 1. The van der Waals surface area contributed by atoms with Gasteiger partial charge in [-0.15, -0.1) is 23.5 Å². The number of anilines is 1. The molecule has 25 heavy (non-hydrogen) atoms. The Hall–Kier alpha value is -1.66. The number of nitrogens with one attached hydrogen (secondary N) is 1. The summed E-state index contributed by atoms with van der Waals surface area (Å²) in [6.07, 6.45) is 1.27. The van der Waals surface area contributed by atoms with Crippen LogP contribution in [0, 0.1) is 12.7 Å². The molecule has 0 radical (unpaired) electrons. The monoisotopic (exact) mass is 377 g/mol. The molecule has 0 aromatic heterocycles. The first-order valence-corrected chi connectivity index (χ1v) is 10.2. The Morgan fingerprint density at radius 2 is 1.92 bits per heavy atom. The van der Waals surface area contributed by atoms with Gasteiger partial charge in [0, 0.05) is 0 Å². The Morgan fingerprint density at radius 3 is 2.64 bits per heavy atom. The number of amides is 1. The highest BCUT2D eigenvalue weighted by Crippen LogP contribution is 2.43. The summed E-state index contributed by atoms with van der Waals surface area (Å²) in [5.41, 5.74) is 2.33. The molecular weight excluding hydrogens is 357 g/mol. The van der Waals surface area contributed by atoms with E-state index in [4.69, 9.17) is 4.74 Å². The Balaban J connectivity index is 1.52. The van der Waals surface area contributed by atoms with Gasteiger partial charge in [0.25, 0.3) is 5.91 Å². The van der Waals surface area contributed by atoms with Gasteiger partial charge in [0.05, 0.1) is 10.3 Å². The summed E-state index contributed by atoms with van der Waals surface area (Å²) < 4.78 is 19.6. The quantitative estimate of drug-likeness (QED) is 0.794. The van der Waals surface area contributed by atoms with E-state index in [0.29, 0.717) is 10.3 Å². The van der Waals surface area contributed by atoms with Gasteiger partial charge in [-0.3, -0.25) is 4.79 Å². The fourth-order valence-corrected chi connectivity index (χ4v) is 5.37. The largest absolute Gasteiger partial charge is 0.484 e. The second-order valence-electron chi connectivity index (χ2n) is 5.82. The summed E-state index contributed by atoms with van der Waals surface area (Å²) in [4.78, 5) is 12.0. The summed E-state index contributed by atoms with van der Waals surface area (Å²) >= 11 is 3.93. The topological polar surface area (TPSA) is 38.3 Å². The maximum absolute atomic E-state index is 13.7. The number of hydrogen-bond donors (Lipinski definition) is 1. The van der Waals surface area contributed by atoms with Crippen LogP contribution in [0.25, 0.3) is 0 Å². The van der Waals surface area contributed by atoms with Gasteiger partial charge in [-0.05, 0) is 60.2 Å². The van der Waals surface area contributed by atoms with E-state index in [1.807, 2.05) is 54.7 Å². The number of rotatable bonds is 5. The SMILES string of the molecule is Cc1ccc(F)c(NC(=O)COc2ccc(C3SCCCS3)cc2)c1. The highest BCUT2D eigenvalue weighted by Gasteiger charge is 2.16. The molecule has 0 bridgehead atoms. The summed E-state index contributed by atoms with van der Waals surface area (Å²) in [5.74, 6) is 2.20. The third kappa shape index (κ3) is 5.16. The maximum Gasteiger partial charge on any atom is 0.262 e. The lowest BCUT2D eigenvalue weighted by Crippen LogP contribution is -2.20. The van der Waals surface area contributed by atoms with Crippen molar-refractivity contribution in [2.45, 2.75) is 17.9 Å². The minimum absolute atomic E-state index is 0.153. The average Bonchev–Trinajstić information content (AvgIpc) is 2.64. The maximum atomic E-state index is 13.7. The molecule has 1 N–H and O–H groups in total. The van der Waals surface area contributed by atoms with Crippen molar-refractivity contribution < 1.29 is 13.9 Å². The molecule has 1 saturated heterocycles. The molecule has 1 amide bonds. The van der Waals surface area contributed by atoms with Crippen molar-refractivity contribution in [3.05, 3.63) is 59.4 Å². The van der Waals surface area contributed by atoms with Gasteiger partial charge in [-0.1, -0.05) is 18.2 Å². The van der Waals surface area contributed by atoms with Gasteiger partial charge in [0.2, 0.25) is 0 Å². The van der Waals surface area contributed by atoms with Crippen LogP contribution in [-0.4, -0.2) is 24.0 Å². The lowest BCUT2D eigenvalue weighted by atomic mass is 10.2. The number of halogens is 1. The first-order valence-electron chi connectivity index (χ1n) is 8.14. The molecular formula is C19H20FNO2S2. The summed E-state index contributed by atoms with van der Waals surface area (Å²) in [7, 11) is 0. The van der Waals surface area contributed by atoms with Gasteiger partial charge in [-0.25, -0.2) is 4.39 Å². The van der Waals surface area contributed by atoms with E-state index in [9.17, 15) is 9.18 Å². The second kappa shape index (κ2) is 8.63. The van der Waals surface area contributed by atoms with Crippen LogP contribution in [0.2, 0.25) is 0 Å². The van der Waals surface area contributed by atoms with Crippen molar-refractivity contribution in [1.82, 2.24) is 0 Å². The third-order valence-electron chi connectivity index (χ3n) is 3.75. The zero-order valence-corrected chi connectivity index (χ0v) is 15.6. The third-order valence-corrected chi connectivity index (χ3v) is 6.76. The van der Waals surface area contributed by atoms with E-state index < -0.39 is 5.82 Å². The van der Waals surface area contributed by atoms with Crippen LogP contribution in [0.5, 0.6) is 5.75 Å². The van der Waals surface area contributed by atoms with Crippen LogP contribution in [0.3, 0.4) is 0 Å². The minimum atomic E-state index is -0.453. The molecule has 2 aromatic rings. The Bertz CT molecular complexity index is 731. The number of benzene rings is 2. The zero-order valence-electron chi connectivity index (χ0n) is 14.0. The van der Waals surface area contributed by atoms with E-state index in [-0.39, 0.29) is 18.2 Å². The summed E-state index contributed by atoms with van der Waals surface area (Å²) in [6.45, 7) is 1.69. The van der Waals surface area contributed by atoms with E-state index >= 15 is 0 Å². The lowest BCUT2D eigenvalue weighted by Gasteiger charge is -2.21. The number of aryl methyl sites for hydroxylation is 1. The minimum Gasteiger partial charge on any atom is -0.484 e. The first kappa shape index (κ1) is 18.1. The van der Waals surface area contributed by atoms with Crippen LogP contribution >= 0.6 is 23.5 Å². The van der Waals surface area contributed by atoms with Crippen molar-refractivity contribution in [2.24, 2.45) is 0 Å². The fourth-order valence-electron chi connectivity index (χ4n) is 2.47. The number of hydrogen-bond acceptors (Lipinski definition) is 4. The van der Waals surface area contributed by atoms with E-state index in [1.54, 1.807) is 12.1 Å². The molecule has 6 heteroatoms. The standard InChI is InChI=1S/C19H20FNO2S2/c1-13-3-8-16(20)17(11-13)21-18(22)12-23-15-6-4-14(5-7-15)19-24-9-2-10-25-19/h3-8,11,19H,2,9-10,12H2,1H3,(H,21,22). The Kier molecular flexibility index (Phi) is 6.26. The number of thioether (sulfide) groups is 2. The average molecular weight is 378 g/mol. The van der Waals surface area contributed by atoms with Gasteiger partial charge in [0.15, 0.2) is 6.61 Å². The molecule has 0 aliphatic carbocycles. The molecule has 0 saturated carbocycles. The second-order valence-corrected chi connectivity index (χ2v) is 8.54. The molecule has 3 rings (SSSR count). The van der Waals surface area contributed by atoms with Gasteiger partial charge in [0.1, 0.15) is 11.6 Å². The van der Waals surface area contributed by atoms with Crippen LogP contribution in [0.4, 0.5) is 10.1 Å². The zero-order chi connectivity index (χ0) is 17.6. The molecule has 2 aromatic carbocycles. The molecule has 132 valence electrons. The molecule has 1 aliphatic rings. The highest BCUT2D eigenvalue weighted by molar-refractivity contribution is 8.16. The number of ether oxygens (including phenoxy) is 1. The molecule has 1 fully saturated rings. The van der Waals surface area contributed by atoms with E-state index in [0.717, 1.165) is 5.56 Å². The van der Waals surface area contributed by atoms with Crippen LogP contribution in [0.15, 0.2) is 42.5 Å². The van der Waals surface area contributed by atoms with Crippen molar-refractivity contribution >= 4 is 35.1 Å². The first-order chi connectivity index (χ1) is 12.1. The van der Waals surface area contributed by atoms with Gasteiger partial charge < -0.3 is 10.1 Å². The molecule has 1 aliphatic heterocycles. The number of carbonyl (C=O) groups excluding carboxylic acids is 1. The summed E-state index contributed by atoms with van der Waals surface area (Å²) in [5, 5.41) is 2.54. The molecule has 0 spiro atoms. The molecule has 0 atom stereocenters. The van der Waals surface area contributed by atoms with Crippen LogP contribution in [-0.2, 0) is 4.79 Å². The highest BCUT2D eigenvalue weighted by atomic mass is 32.2. The van der Waals surface area contributed by atoms with Crippen molar-refractivity contribution in [3.63, 3.8) is 0 Å². The Labute approximate surface area is 155 Å². The predicted molar refractivity (Wildman–Crippen MR) is 104 cm³/mol. The molecule has 0 unspecified atom stereocenters. The van der Waals surface area contributed by atoms with Crippen LogP contribution < -0.4 is 10.1 Å². The predicted octanol–water partition coefficient (Wildman–Crippen LogP) is 5.02. The lowest BCUT2D eigenvalue weighted by molar-refractivity contribution is -0.118. The molecule has 1 heterocycles. The van der Waals surface area contributed by atoms with E-state index in [2.05, 4.69) is 5.32 Å². The fraction of sp³-hybridized carbons (Fsp3) is 0.316. The van der Waals surface area contributed by atoms with Crippen molar-refractivity contribution in [3.8, 4) is 5.75 Å². The summed E-state index contributed by atoms with van der Waals surface area (Å²) in [6, 6.07) is 12.4.